The summed E-state index contributed by atoms with van der Waals surface area (Å²) in [4.78, 5) is 6.72. The molecule has 1 aliphatic heterocycles. The normalized spacial score (nSPS) is 19.7. The van der Waals surface area contributed by atoms with Crippen LogP contribution in [0.1, 0.15) is 25.8 Å². The number of nitrogens with one attached hydrogen (secondary N) is 1. The number of rotatable bonds is 2. The van der Waals surface area contributed by atoms with E-state index >= 15 is 0 Å². The maximum absolute atomic E-state index is 4.37. The van der Waals surface area contributed by atoms with Crippen LogP contribution in [0.5, 0.6) is 0 Å². The molecule has 0 atom stereocenters. The van der Waals surface area contributed by atoms with Crippen molar-refractivity contribution in [2.45, 2.75) is 26.8 Å². The fraction of sp³-hybridized carbons (Fsp3) is 0.615. The number of nitrogens with zero attached hydrogens (tertiary/aromatic N) is 2. The lowest BCUT2D eigenvalue weighted by atomic mass is 9.93. The van der Waals surface area contributed by atoms with E-state index in [1.807, 2.05) is 7.05 Å². The SMILES string of the molecule is CN=C(NCc1ccsc1)N1CCC(C)(C)C1. The van der Waals surface area contributed by atoms with Crippen LogP contribution in [0, 0.1) is 5.41 Å². The molecule has 0 spiro atoms. The van der Waals surface area contributed by atoms with Gasteiger partial charge in [-0.25, -0.2) is 0 Å². The third-order valence-corrected chi connectivity index (χ3v) is 3.95. The van der Waals surface area contributed by atoms with Gasteiger partial charge in [0.05, 0.1) is 0 Å². The highest BCUT2D eigenvalue weighted by atomic mass is 32.1. The van der Waals surface area contributed by atoms with Crippen LogP contribution in [0.3, 0.4) is 0 Å². The number of guanidine groups is 1. The van der Waals surface area contributed by atoms with Gasteiger partial charge in [0.15, 0.2) is 5.96 Å². The van der Waals surface area contributed by atoms with Crippen molar-refractivity contribution >= 4 is 17.3 Å². The van der Waals surface area contributed by atoms with E-state index in [-0.39, 0.29) is 0 Å². The predicted molar refractivity (Wildman–Crippen MR) is 74.5 cm³/mol. The van der Waals surface area contributed by atoms with Crippen molar-refractivity contribution in [3.63, 3.8) is 0 Å². The van der Waals surface area contributed by atoms with Gasteiger partial charge in [-0.15, -0.1) is 0 Å². The van der Waals surface area contributed by atoms with Crippen LogP contribution in [-0.2, 0) is 6.54 Å². The zero-order valence-corrected chi connectivity index (χ0v) is 11.7. The van der Waals surface area contributed by atoms with Gasteiger partial charge in [-0.1, -0.05) is 13.8 Å². The summed E-state index contributed by atoms with van der Waals surface area (Å²) < 4.78 is 0. The molecular weight excluding hydrogens is 230 g/mol. The monoisotopic (exact) mass is 251 g/mol. The molecule has 2 rings (SSSR count). The molecule has 0 unspecified atom stereocenters. The highest BCUT2D eigenvalue weighted by Crippen LogP contribution is 2.28. The minimum absolute atomic E-state index is 0.417. The van der Waals surface area contributed by atoms with E-state index in [4.69, 9.17) is 0 Å². The van der Waals surface area contributed by atoms with Gasteiger partial charge in [0, 0.05) is 26.7 Å². The first-order valence-electron chi connectivity index (χ1n) is 6.07. The average molecular weight is 251 g/mol. The fourth-order valence-corrected chi connectivity index (χ4v) is 2.87. The number of thiophene rings is 1. The zero-order chi connectivity index (χ0) is 12.3. The van der Waals surface area contributed by atoms with Crippen molar-refractivity contribution in [1.82, 2.24) is 10.2 Å². The molecule has 17 heavy (non-hydrogen) atoms. The van der Waals surface area contributed by atoms with Gasteiger partial charge < -0.3 is 10.2 Å². The summed E-state index contributed by atoms with van der Waals surface area (Å²) in [5, 5.41) is 7.72. The van der Waals surface area contributed by atoms with Gasteiger partial charge in [0.2, 0.25) is 0 Å². The minimum Gasteiger partial charge on any atom is -0.352 e. The molecule has 1 aliphatic rings. The van der Waals surface area contributed by atoms with Crippen LogP contribution in [0.4, 0.5) is 0 Å². The van der Waals surface area contributed by atoms with Gasteiger partial charge in [-0.05, 0) is 34.2 Å². The third-order valence-electron chi connectivity index (χ3n) is 3.22. The molecule has 0 amide bonds. The van der Waals surface area contributed by atoms with Crippen molar-refractivity contribution in [2.24, 2.45) is 10.4 Å². The first kappa shape index (κ1) is 12.4. The Morgan fingerprint density at radius 1 is 1.59 bits per heavy atom. The number of likely N-dealkylation sites (tertiary alicyclic amines) is 1. The number of aliphatic imine (C=N–C) groups is 1. The first-order chi connectivity index (χ1) is 8.11. The summed E-state index contributed by atoms with van der Waals surface area (Å²) >= 11 is 1.74. The molecule has 0 aromatic carbocycles. The van der Waals surface area contributed by atoms with E-state index < -0.39 is 0 Å². The van der Waals surface area contributed by atoms with Crippen molar-refractivity contribution in [1.29, 1.82) is 0 Å². The Morgan fingerprint density at radius 2 is 2.41 bits per heavy atom. The Hall–Kier alpha value is -1.03. The second kappa shape index (κ2) is 5.08. The molecule has 0 saturated carbocycles. The Morgan fingerprint density at radius 3 is 2.94 bits per heavy atom. The van der Waals surface area contributed by atoms with E-state index in [1.54, 1.807) is 11.3 Å². The fourth-order valence-electron chi connectivity index (χ4n) is 2.20. The molecule has 0 aliphatic carbocycles. The minimum atomic E-state index is 0.417. The third kappa shape index (κ3) is 3.22. The highest BCUT2D eigenvalue weighted by molar-refractivity contribution is 7.07. The van der Waals surface area contributed by atoms with Gasteiger partial charge in [0.1, 0.15) is 0 Å². The molecular formula is C13H21N3S. The molecule has 1 N–H and O–H groups in total. The standard InChI is InChI=1S/C13H21N3S/c1-13(2)5-6-16(10-13)12(14-3)15-8-11-4-7-17-9-11/h4,7,9H,5-6,8,10H2,1-3H3,(H,14,15). The highest BCUT2D eigenvalue weighted by Gasteiger charge is 2.30. The second-order valence-corrected chi connectivity index (χ2v) is 6.15. The van der Waals surface area contributed by atoms with Crippen LogP contribution < -0.4 is 5.32 Å². The van der Waals surface area contributed by atoms with Gasteiger partial charge in [0.25, 0.3) is 0 Å². The maximum atomic E-state index is 4.37. The van der Waals surface area contributed by atoms with Gasteiger partial charge in [-0.2, -0.15) is 11.3 Å². The van der Waals surface area contributed by atoms with Crippen molar-refractivity contribution < 1.29 is 0 Å². The van der Waals surface area contributed by atoms with Gasteiger partial charge in [-0.3, -0.25) is 4.99 Å². The molecule has 1 saturated heterocycles. The molecule has 1 aromatic rings. The summed E-state index contributed by atoms with van der Waals surface area (Å²) in [6.07, 6.45) is 1.24. The zero-order valence-electron chi connectivity index (χ0n) is 10.9. The Balaban J connectivity index is 1.90. The Bertz CT molecular complexity index is 381. The van der Waals surface area contributed by atoms with Crippen molar-refractivity contribution in [2.75, 3.05) is 20.1 Å². The van der Waals surface area contributed by atoms with E-state index in [0.717, 1.165) is 25.6 Å². The molecule has 1 fully saturated rings. The summed E-state index contributed by atoms with van der Waals surface area (Å²) in [6.45, 7) is 7.71. The number of hydrogen-bond acceptors (Lipinski definition) is 2. The summed E-state index contributed by atoms with van der Waals surface area (Å²) in [5.41, 5.74) is 1.75. The molecule has 94 valence electrons. The lowest BCUT2D eigenvalue weighted by molar-refractivity contribution is 0.370. The van der Waals surface area contributed by atoms with Crippen LogP contribution in [-0.4, -0.2) is 31.0 Å². The predicted octanol–water partition coefficient (Wildman–Crippen LogP) is 2.56. The maximum Gasteiger partial charge on any atom is 0.193 e. The molecule has 2 heterocycles. The van der Waals surface area contributed by atoms with Crippen LogP contribution >= 0.6 is 11.3 Å². The summed E-state index contributed by atoms with van der Waals surface area (Å²) in [6, 6.07) is 2.15. The van der Waals surface area contributed by atoms with Crippen molar-refractivity contribution in [3.8, 4) is 0 Å². The van der Waals surface area contributed by atoms with Crippen LogP contribution in [0.25, 0.3) is 0 Å². The van der Waals surface area contributed by atoms with E-state index in [2.05, 4.69) is 45.9 Å². The molecule has 1 aromatic heterocycles. The smallest absolute Gasteiger partial charge is 0.193 e. The summed E-state index contributed by atoms with van der Waals surface area (Å²) in [5.74, 6) is 1.03. The molecule has 4 heteroatoms. The molecule has 3 nitrogen and oxygen atoms in total. The van der Waals surface area contributed by atoms with Gasteiger partial charge >= 0.3 is 0 Å². The second-order valence-electron chi connectivity index (χ2n) is 5.37. The quantitative estimate of drug-likeness (QED) is 0.646. The largest absolute Gasteiger partial charge is 0.352 e. The molecule has 0 bridgehead atoms. The van der Waals surface area contributed by atoms with E-state index in [1.165, 1.54) is 12.0 Å². The van der Waals surface area contributed by atoms with E-state index in [0.29, 0.717) is 5.41 Å². The Kier molecular flexibility index (Phi) is 3.72. The molecule has 0 radical (unpaired) electrons. The summed E-state index contributed by atoms with van der Waals surface area (Å²) in [7, 11) is 1.86. The lowest BCUT2D eigenvalue weighted by Gasteiger charge is -2.23. The topological polar surface area (TPSA) is 27.6 Å². The Labute approximate surface area is 108 Å². The average Bonchev–Trinajstić information content (AvgIpc) is 2.89. The first-order valence-corrected chi connectivity index (χ1v) is 7.02. The van der Waals surface area contributed by atoms with Crippen LogP contribution in [0.15, 0.2) is 21.8 Å². The number of hydrogen-bond donors (Lipinski definition) is 1. The van der Waals surface area contributed by atoms with Crippen LogP contribution in [0.2, 0.25) is 0 Å². The lowest BCUT2D eigenvalue weighted by Crippen LogP contribution is -2.40. The van der Waals surface area contributed by atoms with E-state index in [9.17, 15) is 0 Å². The van der Waals surface area contributed by atoms with Crippen molar-refractivity contribution in [3.05, 3.63) is 22.4 Å².